The van der Waals surface area contributed by atoms with Crippen LogP contribution in [0.1, 0.15) is 74.9 Å². The highest BCUT2D eigenvalue weighted by Crippen LogP contribution is 2.54. The molecule has 6 rings (SSSR count). The second-order valence-electron chi connectivity index (χ2n) is 15.4. The van der Waals surface area contributed by atoms with Crippen LogP contribution in [0.5, 0.6) is 11.5 Å². The van der Waals surface area contributed by atoms with Crippen molar-refractivity contribution in [3.8, 4) is 22.6 Å². The Morgan fingerprint density at radius 3 is 2.31 bits per heavy atom. The summed E-state index contributed by atoms with van der Waals surface area (Å²) in [6, 6.07) is 15.6. The molecule has 0 unspecified atom stereocenters. The Morgan fingerprint density at radius 1 is 0.800 bits per heavy atom. The van der Waals surface area contributed by atoms with Gasteiger partial charge in [0, 0.05) is 31.8 Å². The van der Waals surface area contributed by atoms with E-state index in [0.717, 1.165) is 28.0 Å². The van der Waals surface area contributed by atoms with E-state index >= 15 is 0 Å². The Bertz CT molecular complexity index is 2350. The van der Waals surface area contributed by atoms with Crippen molar-refractivity contribution in [3.05, 3.63) is 215 Å². The van der Waals surface area contributed by atoms with Gasteiger partial charge in [-0.05, 0) is 96.0 Å². The first-order valence-corrected chi connectivity index (χ1v) is 19.7. The van der Waals surface area contributed by atoms with Gasteiger partial charge in [0.2, 0.25) is 0 Å². The number of ether oxygens (including phenoxy) is 2. The van der Waals surface area contributed by atoms with E-state index in [4.69, 9.17) is 9.47 Å². The number of hydrogen-bond acceptors (Lipinski definition) is 3. The minimum Gasteiger partial charge on any atom is -0.450 e. The summed E-state index contributed by atoms with van der Waals surface area (Å²) in [5, 5.41) is 0. The molecule has 55 heavy (non-hydrogen) atoms. The Morgan fingerprint density at radius 2 is 1.56 bits per heavy atom. The van der Waals surface area contributed by atoms with Crippen molar-refractivity contribution >= 4 is 17.3 Å². The van der Waals surface area contributed by atoms with Crippen LogP contribution in [-0.2, 0) is 17.3 Å². The van der Waals surface area contributed by atoms with Gasteiger partial charge < -0.3 is 9.47 Å². The van der Waals surface area contributed by atoms with Crippen molar-refractivity contribution in [1.29, 1.82) is 0 Å². The standard InChI is InChI=1S/C52H52O2S/c1-12-14-17-22-38(23-20-25-45-37(7)53-46-32-31-42-41(49(46)54-45)24-19-16-18-21-36(6)51(42,8)9)39-28-29-40-44(33-39)52(10,11)43-30-27-35(5)50(48(40)43)55-47(34(3)4)26-15-13-2/h12-23,25-33H,1-2,6-7,24H2,3-5,8-11H3/b17-14-,19-16-,21-18-,23-20+,26-15-,38-22+,45-25-. The minimum atomic E-state index is -0.282. The zero-order chi connectivity index (χ0) is 39.5. The van der Waals surface area contributed by atoms with Crippen molar-refractivity contribution in [2.24, 2.45) is 0 Å². The number of allylic oxidation sites excluding steroid dienone is 17. The third-order valence-corrected chi connectivity index (χ3v) is 12.2. The molecule has 278 valence electrons. The fourth-order valence-electron chi connectivity index (χ4n) is 7.38. The lowest BCUT2D eigenvalue weighted by Gasteiger charge is -2.32. The first kappa shape index (κ1) is 39.2. The van der Waals surface area contributed by atoms with Crippen molar-refractivity contribution < 1.29 is 9.47 Å². The van der Waals surface area contributed by atoms with E-state index in [9.17, 15) is 0 Å². The molecule has 0 saturated heterocycles. The number of hydrogen-bond donors (Lipinski definition) is 0. The van der Waals surface area contributed by atoms with Crippen LogP contribution in [0.3, 0.4) is 0 Å². The fraction of sp³-hybridized carbons (Fsp3) is 0.192. The lowest BCUT2D eigenvalue weighted by atomic mass is 9.75. The molecule has 0 radical (unpaired) electrons. The van der Waals surface area contributed by atoms with Gasteiger partial charge in [0.05, 0.1) is 0 Å². The summed E-state index contributed by atoms with van der Waals surface area (Å²) in [5.74, 6) is 2.44. The van der Waals surface area contributed by atoms with E-state index in [-0.39, 0.29) is 10.8 Å². The van der Waals surface area contributed by atoms with E-state index in [1.54, 1.807) is 6.08 Å². The highest BCUT2D eigenvalue weighted by Gasteiger charge is 2.38. The molecule has 2 nitrogen and oxygen atoms in total. The monoisotopic (exact) mass is 740 g/mol. The Kier molecular flexibility index (Phi) is 11.5. The molecular formula is C52H52O2S. The average Bonchev–Trinajstić information content (AvgIpc) is 3.40. The number of fused-ring (bicyclic) bond motifs is 6. The van der Waals surface area contributed by atoms with Crippen molar-refractivity contribution in [3.63, 3.8) is 0 Å². The second kappa shape index (κ2) is 16.1. The molecule has 2 aliphatic carbocycles. The van der Waals surface area contributed by atoms with Gasteiger partial charge in [0.25, 0.3) is 0 Å². The topological polar surface area (TPSA) is 18.5 Å². The normalized spacial score (nSPS) is 18.7. The van der Waals surface area contributed by atoms with Gasteiger partial charge in [-0.25, -0.2) is 0 Å². The molecule has 0 bridgehead atoms. The van der Waals surface area contributed by atoms with Crippen LogP contribution in [0.4, 0.5) is 0 Å². The Balaban J connectivity index is 1.37. The maximum Gasteiger partial charge on any atom is 0.173 e. The van der Waals surface area contributed by atoms with Crippen LogP contribution in [0.2, 0.25) is 0 Å². The molecule has 0 N–H and O–H groups in total. The van der Waals surface area contributed by atoms with Gasteiger partial charge >= 0.3 is 0 Å². The van der Waals surface area contributed by atoms with Crippen molar-refractivity contribution in [2.45, 2.75) is 70.6 Å². The summed E-state index contributed by atoms with van der Waals surface area (Å²) in [7, 11) is 0. The maximum atomic E-state index is 6.64. The molecule has 3 heteroatoms. The number of rotatable bonds is 9. The lowest BCUT2D eigenvalue weighted by Crippen LogP contribution is -2.22. The second-order valence-corrected chi connectivity index (χ2v) is 16.5. The van der Waals surface area contributed by atoms with E-state index in [1.807, 2.05) is 54.3 Å². The Labute approximate surface area is 333 Å². The van der Waals surface area contributed by atoms with Crippen LogP contribution in [0.25, 0.3) is 16.7 Å². The van der Waals surface area contributed by atoms with Gasteiger partial charge in [-0.2, -0.15) is 0 Å². The summed E-state index contributed by atoms with van der Waals surface area (Å²) < 4.78 is 12.9. The summed E-state index contributed by atoms with van der Waals surface area (Å²) in [6.07, 6.45) is 29.0. The van der Waals surface area contributed by atoms with Crippen molar-refractivity contribution in [1.82, 2.24) is 0 Å². The third kappa shape index (κ3) is 7.72. The van der Waals surface area contributed by atoms with Crippen LogP contribution in [-0.4, -0.2) is 0 Å². The van der Waals surface area contributed by atoms with Gasteiger partial charge in [-0.1, -0.05) is 175 Å². The van der Waals surface area contributed by atoms with Gasteiger partial charge in [0.15, 0.2) is 23.0 Å². The van der Waals surface area contributed by atoms with Crippen LogP contribution >= 0.6 is 11.8 Å². The fourth-order valence-corrected chi connectivity index (χ4v) is 8.51. The lowest BCUT2D eigenvalue weighted by molar-refractivity contribution is 0.293. The minimum absolute atomic E-state index is 0.180. The van der Waals surface area contributed by atoms with Gasteiger partial charge in [0.1, 0.15) is 0 Å². The number of thioether (sulfide) groups is 1. The maximum absolute atomic E-state index is 6.64. The molecular weight excluding hydrogens is 689 g/mol. The zero-order valence-corrected chi connectivity index (χ0v) is 34.2. The SMILES string of the molecule is C=C\C=C/C=C(\C=C\C=C1/Oc2c(ccc3c2C/C=C\C=C/C(=C)C3(C)C)OC1=C)c1ccc2c(c1)C(C)(C)c1ccc(C)c(SC(/C=C\C=C)=C(C)C)c1-2. The summed E-state index contributed by atoms with van der Waals surface area (Å²) in [4.78, 5) is 2.54. The molecule has 0 saturated carbocycles. The van der Waals surface area contributed by atoms with Crippen LogP contribution in [0.15, 0.2) is 186 Å². The average molecular weight is 741 g/mol. The summed E-state index contributed by atoms with van der Waals surface area (Å²) in [5.41, 5.74) is 12.8. The number of aryl methyl sites for hydroxylation is 1. The predicted molar refractivity (Wildman–Crippen MR) is 238 cm³/mol. The molecule has 0 amide bonds. The van der Waals surface area contributed by atoms with Crippen LogP contribution in [0, 0.1) is 6.92 Å². The van der Waals surface area contributed by atoms with Crippen molar-refractivity contribution in [2.75, 3.05) is 0 Å². The largest absolute Gasteiger partial charge is 0.450 e. The first-order chi connectivity index (χ1) is 26.3. The summed E-state index contributed by atoms with van der Waals surface area (Å²) >= 11 is 1.85. The summed E-state index contributed by atoms with van der Waals surface area (Å²) in [6.45, 7) is 32.0. The third-order valence-electron chi connectivity index (χ3n) is 10.7. The van der Waals surface area contributed by atoms with Crippen LogP contribution < -0.4 is 9.47 Å². The molecule has 0 aromatic heterocycles. The predicted octanol–water partition coefficient (Wildman–Crippen LogP) is 14.5. The highest BCUT2D eigenvalue weighted by atomic mass is 32.2. The van der Waals surface area contributed by atoms with Gasteiger partial charge in [-0.15, -0.1) is 0 Å². The molecule has 1 heterocycles. The quantitative estimate of drug-likeness (QED) is 0.161. The van der Waals surface area contributed by atoms with Gasteiger partial charge in [-0.3, -0.25) is 0 Å². The smallest absolute Gasteiger partial charge is 0.173 e. The van der Waals surface area contributed by atoms with E-state index < -0.39 is 0 Å². The molecule has 3 aromatic rings. The molecule has 3 aliphatic rings. The molecule has 0 spiro atoms. The van der Waals surface area contributed by atoms with E-state index in [0.29, 0.717) is 23.7 Å². The Hall–Kier alpha value is -5.51. The molecule has 0 fully saturated rings. The molecule has 0 atom stereocenters. The number of benzene rings is 3. The zero-order valence-electron chi connectivity index (χ0n) is 33.4. The first-order valence-electron chi connectivity index (χ1n) is 18.8. The molecule has 1 aliphatic heterocycles. The van der Waals surface area contributed by atoms with E-state index in [2.05, 4.69) is 154 Å². The van der Waals surface area contributed by atoms with E-state index in [1.165, 1.54) is 48.8 Å². The highest BCUT2D eigenvalue weighted by molar-refractivity contribution is 8.03. The molecule has 3 aromatic carbocycles.